The molecule has 240 valence electrons. The number of ketones is 1. The summed E-state index contributed by atoms with van der Waals surface area (Å²) in [7, 11) is 0. The standard InChI is InChI=1S/C30H29F5N4O6/c1-28(2,3)45-27(43)38-10-8-29(9-11-38)13-17(14-44-29)39-15-36-20-6-4-16(12-18(20)25(39)41)24(40)22-19(31)5-7-21(23(22)32)37-26(42)30(33,34)35/h4-7,12,15,17H,8-11,13-14H2,1-3H3,(H,37,42). The van der Waals surface area contributed by atoms with Gasteiger partial charge in [0.2, 0.25) is 0 Å². The first-order chi connectivity index (χ1) is 21.0. The second-order valence-electron chi connectivity index (χ2n) is 12.1. The number of rotatable bonds is 4. The number of hydrogen-bond donors (Lipinski definition) is 1. The molecular formula is C30H29F5N4O6. The predicted octanol–water partition coefficient (Wildman–Crippen LogP) is 5.14. The minimum Gasteiger partial charge on any atom is -0.444 e. The van der Waals surface area contributed by atoms with Gasteiger partial charge in [-0.3, -0.25) is 19.0 Å². The van der Waals surface area contributed by atoms with E-state index in [0.29, 0.717) is 44.5 Å². The number of nitrogens with one attached hydrogen (secondary N) is 1. The van der Waals surface area contributed by atoms with Crippen LogP contribution in [0.25, 0.3) is 10.9 Å². The van der Waals surface area contributed by atoms with E-state index in [0.717, 1.165) is 6.07 Å². The fourth-order valence-electron chi connectivity index (χ4n) is 5.50. The summed E-state index contributed by atoms with van der Waals surface area (Å²) in [5.41, 5.74) is -4.13. The molecule has 5 rings (SSSR count). The topological polar surface area (TPSA) is 120 Å². The zero-order valence-corrected chi connectivity index (χ0v) is 24.5. The molecule has 3 heterocycles. The first kappa shape index (κ1) is 32.0. The molecule has 2 aliphatic rings. The average molecular weight is 637 g/mol. The molecule has 0 saturated carbocycles. The lowest BCUT2D eigenvalue weighted by atomic mass is 9.87. The van der Waals surface area contributed by atoms with Crippen LogP contribution in [-0.2, 0) is 14.3 Å². The van der Waals surface area contributed by atoms with Crippen LogP contribution in [0.2, 0.25) is 0 Å². The van der Waals surface area contributed by atoms with E-state index >= 15 is 4.39 Å². The van der Waals surface area contributed by atoms with Gasteiger partial charge >= 0.3 is 18.2 Å². The van der Waals surface area contributed by atoms with E-state index in [1.807, 2.05) is 0 Å². The maximum absolute atomic E-state index is 15.0. The first-order valence-electron chi connectivity index (χ1n) is 14.0. The normalized spacial score (nSPS) is 18.3. The third-order valence-corrected chi connectivity index (χ3v) is 7.78. The molecule has 45 heavy (non-hydrogen) atoms. The van der Waals surface area contributed by atoms with Crippen molar-refractivity contribution in [1.82, 2.24) is 14.5 Å². The molecule has 3 aromatic rings. The Bertz CT molecular complexity index is 1740. The Balaban J connectivity index is 1.37. The monoisotopic (exact) mass is 636 g/mol. The van der Waals surface area contributed by atoms with Gasteiger partial charge in [-0.2, -0.15) is 13.2 Å². The maximum Gasteiger partial charge on any atom is 0.471 e. The third kappa shape index (κ3) is 6.53. The highest BCUT2D eigenvalue weighted by Gasteiger charge is 2.45. The van der Waals surface area contributed by atoms with Crippen molar-refractivity contribution in [3.8, 4) is 0 Å². The number of ether oxygens (including phenoxy) is 2. The van der Waals surface area contributed by atoms with Crippen LogP contribution in [0.5, 0.6) is 0 Å². The van der Waals surface area contributed by atoms with E-state index < -0.39 is 69.6 Å². The average Bonchev–Trinajstić information content (AvgIpc) is 3.36. The molecule has 0 aliphatic carbocycles. The molecule has 0 bridgehead atoms. The highest BCUT2D eigenvalue weighted by molar-refractivity contribution is 6.11. The van der Waals surface area contributed by atoms with Crippen LogP contribution in [0.4, 0.5) is 32.4 Å². The Morgan fingerprint density at radius 3 is 2.40 bits per heavy atom. The minimum absolute atomic E-state index is 0.0357. The Morgan fingerprint density at radius 2 is 1.76 bits per heavy atom. The van der Waals surface area contributed by atoms with Crippen LogP contribution in [0.3, 0.4) is 0 Å². The second kappa shape index (κ2) is 11.5. The maximum atomic E-state index is 15.0. The largest absolute Gasteiger partial charge is 0.471 e. The lowest BCUT2D eigenvalue weighted by molar-refractivity contribution is -0.167. The summed E-state index contributed by atoms with van der Waals surface area (Å²) in [6.45, 7) is 6.36. The molecule has 2 amide bonds. The van der Waals surface area contributed by atoms with Crippen LogP contribution in [-0.4, -0.2) is 69.3 Å². The lowest BCUT2D eigenvalue weighted by Crippen LogP contribution is -2.48. The fraction of sp³-hybridized carbons (Fsp3) is 0.433. The molecule has 2 fully saturated rings. The van der Waals surface area contributed by atoms with Gasteiger partial charge in [-0.15, -0.1) is 0 Å². The van der Waals surface area contributed by atoms with Crippen molar-refractivity contribution in [3.63, 3.8) is 0 Å². The molecule has 2 aliphatic heterocycles. The Kier molecular flexibility index (Phi) is 8.19. The zero-order valence-electron chi connectivity index (χ0n) is 24.5. The van der Waals surface area contributed by atoms with Crippen molar-refractivity contribution in [3.05, 3.63) is 69.8 Å². The number of hydrogen-bond acceptors (Lipinski definition) is 7. The molecule has 10 nitrogen and oxygen atoms in total. The van der Waals surface area contributed by atoms with Gasteiger partial charge in [-0.1, -0.05) is 0 Å². The molecule has 15 heteroatoms. The number of carbonyl (C=O) groups excluding carboxylic acids is 3. The van der Waals surface area contributed by atoms with Crippen LogP contribution >= 0.6 is 0 Å². The van der Waals surface area contributed by atoms with Gasteiger partial charge in [-0.25, -0.2) is 18.6 Å². The molecule has 1 spiro atoms. The molecular weight excluding hydrogens is 607 g/mol. The van der Waals surface area contributed by atoms with Crippen LogP contribution in [0.15, 0.2) is 41.5 Å². The number of piperidine rings is 1. The van der Waals surface area contributed by atoms with Crippen molar-refractivity contribution in [2.24, 2.45) is 0 Å². The second-order valence-corrected chi connectivity index (χ2v) is 12.1. The number of amides is 2. The van der Waals surface area contributed by atoms with Crippen LogP contribution < -0.4 is 10.9 Å². The summed E-state index contributed by atoms with van der Waals surface area (Å²) in [6, 6.07) is 4.27. The van der Waals surface area contributed by atoms with Gasteiger partial charge in [0.25, 0.3) is 5.56 Å². The van der Waals surface area contributed by atoms with Crippen molar-refractivity contribution in [2.45, 2.75) is 63.5 Å². The molecule has 1 unspecified atom stereocenters. The van der Waals surface area contributed by atoms with E-state index in [1.165, 1.54) is 28.3 Å². The Hall–Kier alpha value is -4.40. The van der Waals surface area contributed by atoms with Crippen molar-refractivity contribution in [2.75, 3.05) is 25.0 Å². The number of fused-ring (bicyclic) bond motifs is 1. The molecule has 2 saturated heterocycles. The highest BCUT2D eigenvalue weighted by atomic mass is 19.4. The minimum atomic E-state index is -5.35. The Morgan fingerprint density at radius 1 is 1.07 bits per heavy atom. The third-order valence-electron chi connectivity index (χ3n) is 7.78. The summed E-state index contributed by atoms with van der Waals surface area (Å²) in [6.07, 6.45) is -2.91. The summed E-state index contributed by atoms with van der Waals surface area (Å²) >= 11 is 0. The predicted molar refractivity (Wildman–Crippen MR) is 150 cm³/mol. The number of anilines is 1. The first-order valence-corrected chi connectivity index (χ1v) is 14.0. The molecule has 1 N–H and O–H groups in total. The van der Waals surface area contributed by atoms with Crippen LogP contribution in [0.1, 0.15) is 62.0 Å². The van der Waals surface area contributed by atoms with E-state index in [4.69, 9.17) is 9.47 Å². The smallest absolute Gasteiger partial charge is 0.444 e. The summed E-state index contributed by atoms with van der Waals surface area (Å²) < 4.78 is 80.6. The molecule has 0 radical (unpaired) electrons. The number of benzene rings is 2. The number of alkyl halides is 3. The van der Waals surface area contributed by atoms with Gasteiger partial charge in [0, 0.05) is 18.7 Å². The number of carbonyl (C=O) groups is 3. The summed E-state index contributed by atoms with van der Waals surface area (Å²) in [5.74, 6) is -6.84. The van der Waals surface area contributed by atoms with Crippen molar-refractivity contribution >= 4 is 34.4 Å². The lowest BCUT2D eigenvalue weighted by Gasteiger charge is -2.39. The summed E-state index contributed by atoms with van der Waals surface area (Å²) in [5, 5.41) is 1.25. The number of aromatic nitrogens is 2. The van der Waals surface area contributed by atoms with Crippen molar-refractivity contribution < 1.29 is 45.8 Å². The summed E-state index contributed by atoms with van der Waals surface area (Å²) in [4.78, 5) is 56.4. The molecule has 1 aromatic heterocycles. The van der Waals surface area contributed by atoms with Gasteiger partial charge < -0.3 is 19.7 Å². The number of likely N-dealkylation sites (tertiary alicyclic amines) is 1. The highest BCUT2D eigenvalue weighted by Crippen LogP contribution is 2.40. The van der Waals surface area contributed by atoms with E-state index in [-0.39, 0.29) is 23.1 Å². The molecule has 2 aromatic carbocycles. The van der Waals surface area contributed by atoms with Gasteiger partial charge in [0.15, 0.2) is 11.6 Å². The fourth-order valence-corrected chi connectivity index (χ4v) is 5.50. The Labute approximate surface area is 253 Å². The van der Waals surface area contributed by atoms with E-state index in [9.17, 15) is 36.7 Å². The number of halogens is 5. The van der Waals surface area contributed by atoms with E-state index in [1.54, 1.807) is 25.7 Å². The quantitative estimate of drug-likeness (QED) is 0.311. The van der Waals surface area contributed by atoms with Gasteiger partial charge in [-0.05, 0) is 70.4 Å². The number of nitrogens with zero attached hydrogens (tertiary/aromatic N) is 3. The SMILES string of the molecule is CC(C)(C)OC(=O)N1CCC2(CC1)CC(n1cnc3ccc(C(=O)c4c(F)ccc(NC(=O)C(F)(F)F)c4F)cc3c1=O)CO2. The van der Waals surface area contributed by atoms with Crippen molar-refractivity contribution in [1.29, 1.82) is 0 Å². The van der Waals surface area contributed by atoms with Crippen LogP contribution in [0, 0.1) is 11.6 Å². The molecule has 1 atom stereocenters. The van der Waals surface area contributed by atoms with Gasteiger partial charge in [0.05, 0.1) is 46.7 Å². The van der Waals surface area contributed by atoms with Gasteiger partial charge in [0.1, 0.15) is 11.4 Å². The zero-order chi connectivity index (χ0) is 32.9. The van der Waals surface area contributed by atoms with E-state index in [2.05, 4.69) is 4.98 Å².